The molecule has 8 nitrogen and oxygen atoms in total. The Hall–Kier alpha value is -5.37. The fourth-order valence-corrected chi connectivity index (χ4v) is 31.5. The molecule has 0 saturated heterocycles. The molecule has 0 bridgehead atoms. The van der Waals surface area contributed by atoms with Gasteiger partial charge in [-0.25, -0.2) is 0 Å². The molecule has 0 aliphatic heterocycles. The van der Waals surface area contributed by atoms with E-state index in [1.165, 1.54) is 43.0 Å². The highest BCUT2D eigenvalue weighted by molar-refractivity contribution is 9.11. The van der Waals surface area contributed by atoms with Gasteiger partial charge in [-0.1, -0.05) is 279 Å². The van der Waals surface area contributed by atoms with Gasteiger partial charge >= 0.3 is 0 Å². The Bertz CT molecular complexity index is 4190. The Morgan fingerprint density at radius 1 is 0.340 bits per heavy atom. The second kappa shape index (κ2) is 31.1. The maximum Gasteiger partial charge on any atom is 0.261 e. The minimum atomic E-state index is -2.61. The number of carbonyl (C=O) groups is 4. The van der Waals surface area contributed by atoms with Crippen molar-refractivity contribution >= 4 is 124 Å². The highest BCUT2D eigenvalue weighted by atomic mass is 79.9. The lowest BCUT2D eigenvalue weighted by molar-refractivity contribution is 0.0202. The van der Waals surface area contributed by atoms with Crippen molar-refractivity contribution in [3.63, 3.8) is 0 Å². The predicted octanol–water partition coefficient (Wildman–Crippen LogP) is 20.6. The number of hydrogen-bond donors (Lipinski definition) is 2. The average Bonchev–Trinajstić information content (AvgIpc) is 0.826. The fourth-order valence-electron chi connectivity index (χ4n) is 20.5. The molecule has 8 aliphatic carbocycles. The van der Waals surface area contributed by atoms with Gasteiger partial charge in [-0.15, -0.1) is 0 Å². The Balaban J connectivity index is 0.000000131. The van der Waals surface area contributed by atoms with Crippen LogP contribution >= 0.6 is 63.7 Å². The summed E-state index contributed by atoms with van der Waals surface area (Å²) in [5.41, 5.74) is 7.34. The van der Waals surface area contributed by atoms with Crippen LogP contribution in [0.25, 0.3) is 0 Å². The van der Waals surface area contributed by atoms with Crippen LogP contribution in [0.2, 0.25) is 10.1 Å². The van der Waals surface area contributed by atoms with Gasteiger partial charge < -0.3 is 19.1 Å². The molecule has 12 atom stereocenters. The topological polar surface area (TPSA) is 127 Å². The third-order valence-corrected chi connectivity index (χ3v) is 38.0. The first-order valence-electron chi connectivity index (χ1n) is 38.6. The maximum absolute atomic E-state index is 13.6. The molecule has 0 amide bonds. The minimum absolute atomic E-state index is 0.0454. The second-order valence-corrected chi connectivity index (χ2v) is 47.2. The lowest BCUT2D eigenvalue weighted by atomic mass is 9.67. The first-order valence-corrected chi connectivity index (χ1v) is 45.6. The van der Waals surface area contributed by atoms with Crippen molar-refractivity contribution in [1.82, 2.24) is 0 Å². The third-order valence-electron chi connectivity index (χ3n) is 25.9. The van der Waals surface area contributed by atoms with Crippen molar-refractivity contribution in [2.24, 2.45) is 45.3 Å². The zero-order chi connectivity index (χ0) is 75.5. The van der Waals surface area contributed by atoms with Crippen LogP contribution in [0.15, 0.2) is 212 Å². The van der Waals surface area contributed by atoms with Crippen LogP contribution in [-0.4, -0.2) is 74.4 Å². The van der Waals surface area contributed by atoms with Crippen LogP contribution in [0.4, 0.5) is 0 Å². The molecular formula is C92H104Br4O8Si2. The zero-order valence-electron chi connectivity index (χ0n) is 63.3. The summed E-state index contributed by atoms with van der Waals surface area (Å²) in [5, 5.41) is 24.9. The monoisotopic (exact) mass is 1710 g/mol. The van der Waals surface area contributed by atoms with E-state index < -0.39 is 16.6 Å². The summed E-state index contributed by atoms with van der Waals surface area (Å²) in [5.74, 6) is 2.32. The van der Waals surface area contributed by atoms with Crippen molar-refractivity contribution in [3.05, 3.63) is 257 Å². The van der Waals surface area contributed by atoms with Gasteiger partial charge in [0.25, 0.3) is 16.6 Å². The van der Waals surface area contributed by atoms with Gasteiger partial charge in [0.15, 0.2) is 23.1 Å². The summed E-state index contributed by atoms with van der Waals surface area (Å²) in [4.78, 5) is 52.6. The maximum atomic E-state index is 13.6. The predicted molar refractivity (Wildman–Crippen MR) is 447 cm³/mol. The van der Waals surface area contributed by atoms with E-state index in [2.05, 4.69) is 291 Å². The first-order chi connectivity index (χ1) is 50.4. The molecule has 8 aliphatic rings. The van der Waals surface area contributed by atoms with E-state index in [4.69, 9.17) is 8.85 Å². The van der Waals surface area contributed by atoms with Crippen molar-refractivity contribution in [3.8, 4) is 0 Å². The molecule has 0 aromatic heterocycles. The Kier molecular flexibility index (Phi) is 23.1. The van der Waals surface area contributed by atoms with E-state index in [1.807, 2.05) is 36.4 Å². The fraction of sp³-hybridized carbons (Fsp3) is 0.435. The largest absolute Gasteiger partial charge is 0.404 e. The van der Waals surface area contributed by atoms with Gasteiger partial charge in [0, 0.05) is 74.0 Å². The molecule has 8 aromatic carbocycles. The highest BCUT2D eigenvalue weighted by Gasteiger charge is 2.58. The Labute approximate surface area is 665 Å². The summed E-state index contributed by atoms with van der Waals surface area (Å²) in [6.45, 7) is 22.7. The van der Waals surface area contributed by atoms with E-state index >= 15 is 0 Å². The Morgan fingerprint density at radius 3 is 0.783 bits per heavy atom. The molecule has 2 N–H and O–H groups in total. The van der Waals surface area contributed by atoms with E-state index in [0.29, 0.717) is 23.4 Å². The first kappa shape index (κ1) is 78.7. The van der Waals surface area contributed by atoms with Gasteiger partial charge in [-0.05, 0) is 228 Å². The van der Waals surface area contributed by atoms with Gasteiger partial charge in [-0.3, -0.25) is 19.2 Å². The van der Waals surface area contributed by atoms with Crippen LogP contribution in [0.5, 0.6) is 0 Å². The van der Waals surface area contributed by atoms with Gasteiger partial charge in [-0.2, -0.15) is 0 Å². The lowest BCUT2D eigenvalue weighted by Gasteiger charge is -2.49. The van der Waals surface area contributed by atoms with Crippen molar-refractivity contribution < 1.29 is 38.2 Å². The number of carbonyl (C=O) groups excluding carboxylic acids is 4. The van der Waals surface area contributed by atoms with Gasteiger partial charge in [0.05, 0.1) is 12.2 Å². The summed E-state index contributed by atoms with van der Waals surface area (Å²) in [6.07, 6.45) is 13.4. The van der Waals surface area contributed by atoms with Crippen LogP contribution in [0, 0.1) is 45.3 Å². The minimum Gasteiger partial charge on any atom is -0.404 e. The molecule has 4 spiro atoms. The number of ketones is 4. The van der Waals surface area contributed by atoms with E-state index in [9.17, 15) is 29.4 Å². The molecule has 4 fully saturated rings. The Morgan fingerprint density at radius 2 is 0.566 bits per heavy atom. The van der Waals surface area contributed by atoms with Crippen molar-refractivity contribution in [2.45, 2.75) is 206 Å². The number of benzene rings is 8. The van der Waals surface area contributed by atoms with Crippen LogP contribution < -0.4 is 20.7 Å². The molecule has 0 unspecified atom stereocenters. The van der Waals surface area contributed by atoms with Gasteiger partial charge in [0.1, 0.15) is 0 Å². The zero-order valence-corrected chi connectivity index (χ0v) is 71.6. The number of hydrogen-bond acceptors (Lipinski definition) is 8. The van der Waals surface area contributed by atoms with E-state index in [-0.39, 0.29) is 79.6 Å². The molecular weight excluding hydrogens is 1610 g/mol. The molecule has 0 radical (unpaired) electrons. The van der Waals surface area contributed by atoms with Crippen LogP contribution in [-0.2, 0) is 34.5 Å². The number of rotatable bonds is 8. The van der Waals surface area contributed by atoms with Crippen molar-refractivity contribution in [1.29, 1.82) is 0 Å². The van der Waals surface area contributed by atoms with E-state index in [0.717, 1.165) is 143 Å². The summed E-state index contributed by atoms with van der Waals surface area (Å²) >= 11 is 14.0. The molecule has 4 saturated carbocycles. The molecule has 106 heavy (non-hydrogen) atoms. The highest BCUT2D eigenvalue weighted by Crippen LogP contribution is 2.55. The summed E-state index contributed by atoms with van der Waals surface area (Å²) < 4.78 is 18.9. The number of aliphatic hydroxyl groups excluding tert-OH is 2. The number of Topliss-reactive ketones (excluding diaryl/α,β-unsaturated/α-hetero) is 4. The van der Waals surface area contributed by atoms with E-state index in [1.54, 1.807) is 0 Å². The standard InChI is InChI=1S/2C31H35BrO2Si.2C15H17BrO2/c2*1-22-20-31(21-23-15-16-24(32)19-27(23)29(31)33)18-17-28(22)34-35(30(2,3)4,25-11-7-5-8-12-25)26-13-9-6-10-14-26;2*1-9-7-15(5-4-13(9)17)8-10-2-3-11(16)6-12(10)14(15)18/h2*5-16,19,22,28H,17-18,20-21H2,1-4H3;2*2-3,6,9,13,17H,4-5,7-8H2,1H3/t2*22-,28-,31-;2*9-,13-,15-/m1010/s1. The van der Waals surface area contributed by atoms with Gasteiger partial charge in [0.2, 0.25) is 0 Å². The number of aliphatic hydroxyl groups is 2. The number of halogens is 4. The third kappa shape index (κ3) is 15.0. The smallest absolute Gasteiger partial charge is 0.261 e. The second-order valence-electron chi connectivity index (χ2n) is 35.0. The molecule has 16 rings (SSSR count). The molecule has 556 valence electrons. The lowest BCUT2D eigenvalue weighted by Crippen LogP contribution is -2.68. The quantitative estimate of drug-likeness (QED) is 0.144. The summed E-state index contributed by atoms with van der Waals surface area (Å²) in [7, 11) is -5.22. The van der Waals surface area contributed by atoms with Crippen molar-refractivity contribution in [2.75, 3.05) is 0 Å². The normalized spacial score (nSPS) is 28.1. The average molecular weight is 1710 g/mol. The molecule has 0 heterocycles. The number of fused-ring (bicyclic) bond motifs is 4. The van der Waals surface area contributed by atoms with Crippen LogP contribution in [0.3, 0.4) is 0 Å². The SMILES string of the molecule is C[C@@H]1C[C@]2(CC[C@H]1O)Cc1ccc(Br)cc1C2=O.C[C@@H]1C[C@]2(CC[C@H]1O[Si](c1ccccc1)(c1ccccc1)C(C)(C)C)Cc1ccc(Br)cc1C2=O.C[C@H]1C[C@@]2(CC[C@@H]1O)Cc1ccc(Br)cc1C2=O.C[C@H]1C[C@@]2(CC[C@@H]1O[Si](c1ccccc1)(c1ccccc1)C(C)(C)C)Cc1ccc(Br)cc1C2=O. The molecule has 8 aromatic rings. The molecule has 14 heteroatoms. The summed E-state index contributed by atoms with van der Waals surface area (Å²) in [6, 6.07) is 68.0. The van der Waals surface area contributed by atoms with Crippen LogP contribution in [0.1, 0.15) is 210 Å².